The maximum absolute atomic E-state index is 2.62. The Morgan fingerprint density at radius 1 is 0.511 bits per heavy atom. The van der Waals surface area contributed by atoms with Crippen LogP contribution in [0.3, 0.4) is 0 Å². The second-order valence-electron chi connectivity index (χ2n) is 16.1. The fraction of sp³-hybridized carbons (Fsp3) is 0.286. The smallest absolute Gasteiger partial charge is 0.252 e. The van der Waals surface area contributed by atoms with Crippen molar-refractivity contribution < 1.29 is 0 Å². The summed E-state index contributed by atoms with van der Waals surface area (Å²) < 4.78 is 0. The van der Waals surface area contributed by atoms with Crippen LogP contribution in [-0.2, 0) is 0 Å². The highest BCUT2D eigenvalue weighted by Gasteiger charge is 2.44. The average molecular weight is 647 g/mol. The van der Waals surface area contributed by atoms with E-state index < -0.39 is 16.1 Å². The summed E-state index contributed by atoms with van der Waals surface area (Å²) in [5.74, 6) is 0.601. The standard InChI is InChI=1S/C42H47BN2Si2/c1-46(2,3)34-21-15-20-33(28-34)45-38-23-14-13-22-36(38)43-37-29-35(47(4,5)6)24-25-39(37)44(32-18-11-8-12-19-32)40-26-31(27-41(45)42(40)43)30-16-9-7-10-17-30/h8,11-15,18-30H,7,9-10,16-17H2,1-6H3. The molecule has 1 aliphatic carbocycles. The second kappa shape index (κ2) is 11.4. The van der Waals surface area contributed by atoms with Gasteiger partial charge in [0, 0.05) is 34.1 Å². The molecule has 0 aromatic heterocycles. The minimum absolute atomic E-state index is 0.180. The summed E-state index contributed by atoms with van der Waals surface area (Å²) in [4.78, 5) is 5.22. The molecule has 0 unspecified atom stereocenters. The summed E-state index contributed by atoms with van der Waals surface area (Å²) in [5.41, 5.74) is 13.7. The first kappa shape index (κ1) is 30.5. The number of fused-ring (bicyclic) bond motifs is 4. The molecule has 1 fully saturated rings. The number of rotatable bonds is 5. The lowest BCUT2D eigenvalue weighted by atomic mass is 9.33. The van der Waals surface area contributed by atoms with Gasteiger partial charge in [0.05, 0.1) is 16.1 Å². The number of hydrogen-bond donors (Lipinski definition) is 0. The lowest BCUT2D eigenvalue weighted by molar-refractivity contribution is 0.444. The van der Waals surface area contributed by atoms with Crippen molar-refractivity contribution in [1.82, 2.24) is 0 Å². The minimum Gasteiger partial charge on any atom is -0.311 e. The van der Waals surface area contributed by atoms with Gasteiger partial charge in [0.25, 0.3) is 6.71 Å². The molecule has 5 heteroatoms. The molecule has 47 heavy (non-hydrogen) atoms. The molecule has 0 atom stereocenters. The number of nitrogens with zero attached hydrogens (tertiary/aromatic N) is 2. The van der Waals surface area contributed by atoms with Crippen molar-refractivity contribution in [3.8, 4) is 0 Å². The Hall–Kier alpha value is -3.80. The van der Waals surface area contributed by atoms with Gasteiger partial charge in [-0.15, -0.1) is 0 Å². The SMILES string of the molecule is C[Si](C)(C)c1cccc(N2c3ccccc3B3c4cc([Si](C)(C)C)ccc4N(c4ccccc4)c4cc(C5CCCCC5)cc2c43)c1. The van der Waals surface area contributed by atoms with Crippen LogP contribution in [0.1, 0.15) is 43.6 Å². The lowest BCUT2D eigenvalue weighted by Gasteiger charge is -2.45. The van der Waals surface area contributed by atoms with Crippen LogP contribution in [0.4, 0.5) is 34.1 Å². The maximum Gasteiger partial charge on any atom is 0.252 e. The third-order valence-electron chi connectivity index (χ3n) is 10.9. The number of benzene rings is 5. The average Bonchev–Trinajstić information content (AvgIpc) is 3.07. The predicted molar refractivity (Wildman–Crippen MR) is 212 cm³/mol. The van der Waals surface area contributed by atoms with Gasteiger partial charge in [-0.1, -0.05) is 130 Å². The van der Waals surface area contributed by atoms with Crippen LogP contribution < -0.4 is 36.6 Å². The second-order valence-corrected chi connectivity index (χ2v) is 26.3. The molecule has 2 aliphatic heterocycles. The Labute approximate surface area is 284 Å². The molecule has 5 aromatic carbocycles. The molecule has 3 aliphatic rings. The highest BCUT2D eigenvalue weighted by atomic mass is 28.3. The van der Waals surface area contributed by atoms with Crippen LogP contribution in [0.2, 0.25) is 39.3 Å². The van der Waals surface area contributed by atoms with Crippen LogP contribution >= 0.6 is 0 Å². The van der Waals surface area contributed by atoms with Crippen LogP contribution in [0.5, 0.6) is 0 Å². The third kappa shape index (κ3) is 5.23. The van der Waals surface area contributed by atoms with Crippen molar-refractivity contribution >= 4 is 83.7 Å². The van der Waals surface area contributed by atoms with Crippen LogP contribution in [0.15, 0.2) is 109 Å². The van der Waals surface area contributed by atoms with Gasteiger partial charge in [-0.2, -0.15) is 0 Å². The lowest BCUT2D eigenvalue weighted by Crippen LogP contribution is -2.62. The van der Waals surface area contributed by atoms with Gasteiger partial charge in [0.2, 0.25) is 0 Å². The van der Waals surface area contributed by atoms with E-state index in [0.29, 0.717) is 5.92 Å². The van der Waals surface area contributed by atoms with Crippen molar-refractivity contribution in [3.63, 3.8) is 0 Å². The van der Waals surface area contributed by atoms with E-state index in [1.807, 2.05) is 0 Å². The van der Waals surface area contributed by atoms with Crippen molar-refractivity contribution in [3.05, 3.63) is 115 Å². The van der Waals surface area contributed by atoms with Gasteiger partial charge < -0.3 is 9.80 Å². The molecule has 0 saturated heterocycles. The van der Waals surface area contributed by atoms with Gasteiger partial charge in [0.15, 0.2) is 0 Å². The summed E-state index contributed by atoms with van der Waals surface area (Å²) in [7, 11) is -3.09. The normalized spacial score (nSPS) is 16.1. The van der Waals surface area contributed by atoms with E-state index >= 15 is 0 Å². The first-order valence-electron chi connectivity index (χ1n) is 17.8. The highest BCUT2D eigenvalue weighted by molar-refractivity contribution is 7.01. The summed E-state index contributed by atoms with van der Waals surface area (Å²) >= 11 is 0. The van der Waals surface area contributed by atoms with Crippen molar-refractivity contribution in [2.24, 2.45) is 0 Å². The highest BCUT2D eigenvalue weighted by Crippen LogP contribution is 2.46. The van der Waals surface area contributed by atoms with Crippen LogP contribution in [0.25, 0.3) is 0 Å². The minimum atomic E-state index is -1.56. The zero-order valence-electron chi connectivity index (χ0n) is 29.0. The first-order valence-corrected chi connectivity index (χ1v) is 24.8. The Balaban J connectivity index is 1.47. The topological polar surface area (TPSA) is 6.48 Å². The van der Waals surface area contributed by atoms with Gasteiger partial charge in [0.1, 0.15) is 0 Å². The number of anilines is 6. The van der Waals surface area contributed by atoms with E-state index in [1.54, 1.807) is 0 Å². The molecule has 2 nitrogen and oxygen atoms in total. The Morgan fingerprint density at radius 2 is 1.11 bits per heavy atom. The maximum atomic E-state index is 2.62. The Kier molecular flexibility index (Phi) is 7.42. The number of para-hydroxylation sites is 2. The number of hydrogen-bond acceptors (Lipinski definition) is 2. The van der Waals surface area contributed by atoms with E-state index in [0.717, 1.165) is 0 Å². The van der Waals surface area contributed by atoms with E-state index in [-0.39, 0.29) is 6.71 Å². The molecule has 5 aromatic rings. The van der Waals surface area contributed by atoms with Gasteiger partial charge >= 0.3 is 0 Å². The van der Waals surface area contributed by atoms with E-state index in [2.05, 4.69) is 158 Å². The van der Waals surface area contributed by atoms with Gasteiger partial charge in [-0.25, -0.2) is 0 Å². The Bertz CT molecular complexity index is 1970. The first-order chi connectivity index (χ1) is 22.6. The molecule has 8 rings (SSSR count). The zero-order valence-corrected chi connectivity index (χ0v) is 31.0. The van der Waals surface area contributed by atoms with Gasteiger partial charge in [-0.3, -0.25) is 0 Å². The molecule has 1 saturated carbocycles. The summed E-state index contributed by atoms with van der Waals surface area (Å²) in [6.07, 6.45) is 6.59. The molecule has 0 amide bonds. The quantitative estimate of drug-likeness (QED) is 0.172. The molecule has 236 valence electrons. The fourth-order valence-electron chi connectivity index (χ4n) is 8.36. The molecule has 0 bridgehead atoms. The van der Waals surface area contributed by atoms with Crippen molar-refractivity contribution in [1.29, 1.82) is 0 Å². The molecule has 0 N–H and O–H groups in total. The third-order valence-corrected chi connectivity index (χ3v) is 15.0. The van der Waals surface area contributed by atoms with Crippen LogP contribution in [0, 0.1) is 0 Å². The zero-order chi connectivity index (χ0) is 32.5. The molecular weight excluding hydrogens is 599 g/mol. The van der Waals surface area contributed by atoms with Gasteiger partial charge in [-0.05, 0) is 89.2 Å². The summed E-state index contributed by atoms with van der Waals surface area (Å²) in [5, 5.41) is 3.03. The summed E-state index contributed by atoms with van der Waals surface area (Å²) in [6.45, 7) is 15.0. The molecule has 0 spiro atoms. The largest absolute Gasteiger partial charge is 0.311 e. The van der Waals surface area contributed by atoms with Crippen LogP contribution in [-0.4, -0.2) is 22.9 Å². The Morgan fingerprint density at radius 3 is 1.81 bits per heavy atom. The molecule has 2 heterocycles. The van der Waals surface area contributed by atoms with Crippen molar-refractivity contribution in [2.75, 3.05) is 9.80 Å². The fourth-order valence-corrected chi connectivity index (χ4v) is 10.7. The van der Waals surface area contributed by atoms with Crippen molar-refractivity contribution in [2.45, 2.75) is 77.3 Å². The summed E-state index contributed by atoms with van der Waals surface area (Å²) in [6, 6.07) is 42.5. The van der Waals surface area contributed by atoms with E-state index in [9.17, 15) is 0 Å². The molecule has 0 radical (unpaired) electrons. The van der Waals surface area contributed by atoms with E-state index in [4.69, 9.17) is 0 Å². The predicted octanol–water partition coefficient (Wildman–Crippen LogP) is 8.91. The monoisotopic (exact) mass is 646 g/mol. The molecular formula is C42H47BN2Si2. The van der Waals surface area contributed by atoms with E-state index in [1.165, 1.54) is 98.6 Å².